The van der Waals surface area contributed by atoms with Crippen LogP contribution in [0.5, 0.6) is 0 Å². The zero-order valence-corrected chi connectivity index (χ0v) is 10.2. The average molecular weight is 256 g/mol. The van der Waals surface area contributed by atoms with E-state index in [9.17, 15) is 4.39 Å². The van der Waals surface area contributed by atoms with E-state index in [2.05, 4.69) is 15.3 Å². The van der Waals surface area contributed by atoms with Gasteiger partial charge in [0, 0.05) is 6.20 Å². The Bertz CT molecular complexity index is 522. The average Bonchev–Trinajstić information content (AvgIpc) is 2.57. The van der Waals surface area contributed by atoms with E-state index >= 15 is 0 Å². The molecule has 6 heteroatoms. The van der Waals surface area contributed by atoms with Gasteiger partial charge in [-0.1, -0.05) is 11.6 Å². The van der Waals surface area contributed by atoms with Crippen molar-refractivity contribution in [3.8, 4) is 0 Å². The van der Waals surface area contributed by atoms with Crippen LogP contribution in [0.25, 0.3) is 0 Å². The number of aryl methyl sites for hydroxylation is 2. The zero-order chi connectivity index (χ0) is 12.4. The molecule has 0 aliphatic carbocycles. The maximum atomic E-state index is 13.4. The summed E-state index contributed by atoms with van der Waals surface area (Å²) >= 11 is 5.60. The van der Waals surface area contributed by atoms with Gasteiger partial charge in [-0.05, 0) is 19.9 Å². The van der Waals surface area contributed by atoms with Crippen molar-refractivity contribution in [2.24, 2.45) is 0 Å². The predicted octanol–water partition coefficient (Wildman–Crippen LogP) is 3.09. The molecule has 2 rings (SSSR count). The normalized spacial score (nSPS) is 10.6. The van der Waals surface area contributed by atoms with Crippen molar-refractivity contribution in [3.05, 3.63) is 40.4 Å². The van der Waals surface area contributed by atoms with Crippen molar-refractivity contribution in [2.75, 3.05) is 5.32 Å². The molecule has 0 aliphatic rings. The van der Waals surface area contributed by atoms with E-state index in [4.69, 9.17) is 16.0 Å². The molecule has 0 spiro atoms. The second kappa shape index (κ2) is 4.71. The third kappa shape index (κ3) is 2.74. The molecule has 90 valence electrons. The zero-order valence-electron chi connectivity index (χ0n) is 9.42. The Labute approximate surface area is 103 Å². The topological polar surface area (TPSA) is 51.0 Å². The number of pyridine rings is 1. The Hall–Kier alpha value is -1.62. The molecule has 0 bridgehead atoms. The van der Waals surface area contributed by atoms with Crippen LogP contribution in [-0.2, 0) is 6.54 Å². The molecule has 0 radical (unpaired) electrons. The third-order valence-corrected chi connectivity index (χ3v) is 2.49. The Kier molecular flexibility index (Phi) is 3.28. The third-order valence-electron chi connectivity index (χ3n) is 2.29. The van der Waals surface area contributed by atoms with Crippen molar-refractivity contribution in [1.29, 1.82) is 0 Å². The number of nitrogens with zero attached hydrogens (tertiary/aromatic N) is 2. The maximum absolute atomic E-state index is 13.4. The summed E-state index contributed by atoms with van der Waals surface area (Å²) in [5.41, 5.74) is 0.825. The summed E-state index contributed by atoms with van der Waals surface area (Å²) in [6.45, 7) is 3.96. The smallest absolute Gasteiger partial charge is 0.213 e. The van der Waals surface area contributed by atoms with Crippen molar-refractivity contribution >= 4 is 17.4 Å². The highest BCUT2D eigenvalue weighted by atomic mass is 35.5. The second-order valence-corrected chi connectivity index (χ2v) is 4.02. The van der Waals surface area contributed by atoms with Crippen LogP contribution >= 0.6 is 11.6 Å². The first-order chi connectivity index (χ1) is 8.06. The van der Waals surface area contributed by atoms with E-state index in [0.717, 1.165) is 11.5 Å². The minimum Gasteiger partial charge on any atom is -0.444 e. The number of nitrogens with one attached hydrogen (secondary N) is 1. The van der Waals surface area contributed by atoms with Gasteiger partial charge in [0.1, 0.15) is 5.76 Å². The fraction of sp³-hybridized carbons (Fsp3) is 0.273. The molecule has 2 aromatic rings. The summed E-state index contributed by atoms with van der Waals surface area (Å²) in [6, 6.07) is 1.20. The molecule has 0 amide bonds. The number of rotatable bonds is 3. The van der Waals surface area contributed by atoms with Crippen molar-refractivity contribution < 1.29 is 8.81 Å². The van der Waals surface area contributed by atoms with Crippen molar-refractivity contribution in [3.63, 3.8) is 0 Å². The van der Waals surface area contributed by atoms with Crippen LogP contribution in [0.2, 0.25) is 5.02 Å². The fourth-order valence-corrected chi connectivity index (χ4v) is 1.46. The van der Waals surface area contributed by atoms with Gasteiger partial charge in [-0.15, -0.1) is 0 Å². The Morgan fingerprint density at radius 3 is 2.82 bits per heavy atom. The molecule has 1 N–H and O–H groups in total. The van der Waals surface area contributed by atoms with Crippen LogP contribution in [0.1, 0.15) is 17.3 Å². The first kappa shape index (κ1) is 11.9. The molecule has 0 aromatic carbocycles. The first-order valence-electron chi connectivity index (χ1n) is 5.04. The van der Waals surface area contributed by atoms with Gasteiger partial charge in [-0.25, -0.2) is 14.4 Å². The van der Waals surface area contributed by atoms with Crippen molar-refractivity contribution in [2.45, 2.75) is 20.4 Å². The summed E-state index contributed by atoms with van der Waals surface area (Å²) in [4.78, 5) is 8.00. The number of hydrogen-bond donors (Lipinski definition) is 1. The van der Waals surface area contributed by atoms with E-state index in [1.165, 1.54) is 12.3 Å². The molecule has 0 saturated carbocycles. The molecular weight excluding hydrogens is 245 g/mol. The molecule has 17 heavy (non-hydrogen) atoms. The molecule has 2 heterocycles. The van der Waals surface area contributed by atoms with Crippen LogP contribution < -0.4 is 5.32 Å². The van der Waals surface area contributed by atoms with Crippen LogP contribution in [0.3, 0.4) is 0 Å². The van der Waals surface area contributed by atoms with Crippen LogP contribution in [0, 0.1) is 19.7 Å². The molecule has 2 aromatic heterocycles. The summed E-state index contributed by atoms with van der Waals surface area (Å²) in [5.74, 6) is 0.878. The minimum absolute atomic E-state index is 0.128. The number of oxazole rings is 1. The van der Waals surface area contributed by atoms with Gasteiger partial charge < -0.3 is 9.73 Å². The van der Waals surface area contributed by atoms with Gasteiger partial charge in [0.05, 0.1) is 17.3 Å². The molecular formula is C11H11ClFN3O. The summed E-state index contributed by atoms with van der Waals surface area (Å²) < 4.78 is 18.7. The lowest BCUT2D eigenvalue weighted by atomic mass is 10.4. The summed E-state index contributed by atoms with van der Waals surface area (Å²) in [5, 5.41) is 3.06. The Balaban J connectivity index is 2.07. The van der Waals surface area contributed by atoms with Gasteiger partial charge in [0.15, 0.2) is 11.6 Å². The molecule has 4 nitrogen and oxygen atoms in total. The quantitative estimate of drug-likeness (QED) is 0.916. The van der Waals surface area contributed by atoms with Gasteiger partial charge in [-0.2, -0.15) is 0 Å². The van der Waals surface area contributed by atoms with Crippen LogP contribution in [0.4, 0.5) is 10.2 Å². The van der Waals surface area contributed by atoms with Crippen LogP contribution in [-0.4, -0.2) is 9.97 Å². The van der Waals surface area contributed by atoms with Crippen molar-refractivity contribution in [1.82, 2.24) is 9.97 Å². The van der Waals surface area contributed by atoms with Gasteiger partial charge in [-0.3, -0.25) is 0 Å². The second-order valence-electron chi connectivity index (χ2n) is 3.59. The molecule has 0 aliphatic heterocycles. The molecule has 0 fully saturated rings. The highest BCUT2D eigenvalue weighted by molar-refractivity contribution is 6.30. The number of halogens is 2. The van der Waals surface area contributed by atoms with E-state index in [1.807, 2.05) is 13.8 Å². The monoisotopic (exact) mass is 255 g/mol. The summed E-state index contributed by atoms with van der Waals surface area (Å²) in [7, 11) is 0. The standard InChI is InChI=1S/C11H11ClFN3O/c1-6-7(2)17-10(16-6)5-15-11-9(13)3-8(12)4-14-11/h3-4H,5H2,1-2H3,(H,14,15). The largest absolute Gasteiger partial charge is 0.444 e. The lowest BCUT2D eigenvalue weighted by Crippen LogP contribution is -2.03. The van der Waals surface area contributed by atoms with Gasteiger partial charge in [0.2, 0.25) is 5.89 Å². The first-order valence-corrected chi connectivity index (χ1v) is 5.42. The molecule has 0 saturated heterocycles. The SMILES string of the molecule is Cc1nc(CNc2ncc(Cl)cc2F)oc1C. The fourth-order valence-electron chi connectivity index (χ4n) is 1.32. The van der Waals surface area contributed by atoms with E-state index in [1.54, 1.807) is 0 Å². The number of hydrogen-bond acceptors (Lipinski definition) is 4. The highest BCUT2D eigenvalue weighted by Gasteiger charge is 2.08. The number of aromatic nitrogens is 2. The number of anilines is 1. The van der Waals surface area contributed by atoms with E-state index in [0.29, 0.717) is 5.89 Å². The molecule has 0 unspecified atom stereocenters. The van der Waals surface area contributed by atoms with Gasteiger partial charge >= 0.3 is 0 Å². The lowest BCUT2D eigenvalue weighted by molar-refractivity contribution is 0.477. The lowest BCUT2D eigenvalue weighted by Gasteiger charge is -2.03. The van der Waals surface area contributed by atoms with E-state index < -0.39 is 5.82 Å². The molecule has 0 atom stereocenters. The summed E-state index contributed by atoms with van der Waals surface area (Å²) in [6.07, 6.45) is 1.37. The highest BCUT2D eigenvalue weighted by Crippen LogP contribution is 2.16. The van der Waals surface area contributed by atoms with E-state index in [-0.39, 0.29) is 17.4 Å². The Morgan fingerprint density at radius 2 is 2.24 bits per heavy atom. The maximum Gasteiger partial charge on any atom is 0.213 e. The predicted molar refractivity (Wildman–Crippen MR) is 62.5 cm³/mol. The minimum atomic E-state index is -0.502. The van der Waals surface area contributed by atoms with Gasteiger partial charge in [0.25, 0.3) is 0 Å². The Morgan fingerprint density at radius 1 is 1.47 bits per heavy atom. The van der Waals surface area contributed by atoms with Crippen LogP contribution in [0.15, 0.2) is 16.7 Å².